The van der Waals surface area contributed by atoms with Gasteiger partial charge < -0.3 is 19.1 Å². The Morgan fingerprint density at radius 2 is 1.82 bits per heavy atom. The molecule has 1 unspecified atom stereocenters. The molecular formula is C21H29N3O2S2. The zero-order valence-corrected chi connectivity index (χ0v) is 18.7. The number of carbonyl (C=O) groups excluding carboxylic acids is 1. The number of benzene rings is 1. The third-order valence-corrected chi connectivity index (χ3v) is 6.79. The van der Waals surface area contributed by atoms with E-state index in [0.717, 1.165) is 36.1 Å². The standard InChI is InChI=1S/C21H29N3O2S2/c1-22(2)13-18-9-10-19(26-18)14-27-12-11-24-20(25)15-28-21(24)16-5-7-17(8-6-16)23(3)4/h5-10,21H,11-15H2,1-4H3. The molecule has 1 aliphatic heterocycles. The van der Waals surface area contributed by atoms with Crippen LogP contribution in [-0.4, -0.2) is 61.9 Å². The summed E-state index contributed by atoms with van der Waals surface area (Å²) in [6.45, 7) is 1.58. The molecule has 1 saturated heterocycles. The minimum atomic E-state index is 0.125. The van der Waals surface area contributed by atoms with Gasteiger partial charge in [0.15, 0.2) is 0 Å². The minimum Gasteiger partial charge on any atom is -0.464 e. The molecule has 1 amide bonds. The number of nitrogens with zero attached hydrogens (tertiary/aromatic N) is 3. The van der Waals surface area contributed by atoms with Crippen LogP contribution in [0, 0.1) is 0 Å². The van der Waals surface area contributed by atoms with Crippen LogP contribution >= 0.6 is 23.5 Å². The van der Waals surface area contributed by atoms with Gasteiger partial charge in [0.05, 0.1) is 18.1 Å². The van der Waals surface area contributed by atoms with Crippen LogP contribution in [0.5, 0.6) is 0 Å². The zero-order valence-electron chi connectivity index (χ0n) is 17.1. The summed E-state index contributed by atoms with van der Waals surface area (Å²) in [6, 6.07) is 12.6. The smallest absolute Gasteiger partial charge is 0.233 e. The van der Waals surface area contributed by atoms with Crippen molar-refractivity contribution in [2.75, 3.05) is 51.1 Å². The summed E-state index contributed by atoms with van der Waals surface area (Å²) in [5.41, 5.74) is 2.37. The Hall–Kier alpha value is -1.57. The van der Waals surface area contributed by atoms with Gasteiger partial charge in [0.2, 0.25) is 5.91 Å². The molecule has 1 aromatic heterocycles. The summed E-state index contributed by atoms with van der Waals surface area (Å²) in [6.07, 6.45) is 0. The number of thioether (sulfide) groups is 2. The molecule has 1 aromatic carbocycles. The van der Waals surface area contributed by atoms with Crippen LogP contribution in [0.2, 0.25) is 0 Å². The molecule has 7 heteroatoms. The van der Waals surface area contributed by atoms with Crippen molar-refractivity contribution in [1.82, 2.24) is 9.80 Å². The number of rotatable bonds is 9. The first-order valence-corrected chi connectivity index (χ1v) is 11.6. The normalized spacial score (nSPS) is 17.0. The number of amides is 1. The van der Waals surface area contributed by atoms with Gasteiger partial charge in [-0.3, -0.25) is 4.79 Å². The Balaban J connectivity index is 1.50. The zero-order chi connectivity index (χ0) is 20.1. The summed E-state index contributed by atoms with van der Waals surface area (Å²) in [5.74, 6) is 4.54. The van der Waals surface area contributed by atoms with E-state index in [1.165, 1.54) is 11.3 Å². The van der Waals surface area contributed by atoms with E-state index in [0.29, 0.717) is 5.75 Å². The van der Waals surface area contributed by atoms with E-state index in [4.69, 9.17) is 4.42 Å². The minimum absolute atomic E-state index is 0.125. The van der Waals surface area contributed by atoms with E-state index in [9.17, 15) is 4.79 Å². The number of hydrogen-bond acceptors (Lipinski definition) is 6. The fourth-order valence-corrected chi connectivity index (χ4v) is 5.19. The Morgan fingerprint density at radius 3 is 2.50 bits per heavy atom. The lowest BCUT2D eigenvalue weighted by molar-refractivity contribution is -0.127. The maximum atomic E-state index is 12.4. The van der Waals surface area contributed by atoms with Gasteiger partial charge in [0.1, 0.15) is 16.9 Å². The molecule has 1 aliphatic rings. The van der Waals surface area contributed by atoms with E-state index in [2.05, 4.69) is 40.1 Å². The van der Waals surface area contributed by atoms with Crippen LogP contribution in [0.4, 0.5) is 5.69 Å². The largest absolute Gasteiger partial charge is 0.464 e. The maximum absolute atomic E-state index is 12.4. The van der Waals surface area contributed by atoms with Gasteiger partial charge in [-0.05, 0) is 43.9 Å². The first-order valence-electron chi connectivity index (χ1n) is 9.42. The van der Waals surface area contributed by atoms with Crippen molar-refractivity contribution < 1.29 is 9.21 Å². The van der Waals surface area contributed by atoms with Crippen molar-refractivity contribution in [1.29, 1.82) is 0 Å². The lowest BCUT2D eigenvalue weighted by Crippen LogP contribution is -2.30. The quantitative estimate of drug-likeness (QED) is 0.574. The van der Waals surface area contributed by atoms with Gasteiger partial charge in [-0.25, -0.2) is 0 Å². The number of furan rings is 1. The molecule has 3 rings (SSSR count). The highest BCUT2D eigenvalue weighted by atomic mass is 32.2. The average molecular weight is 420 g/mol. The number of anilines is 1. The van der Waals surface area contributed by atoms with E-state index in [1.807, 2.05) is 50.9 Å². The topological polar surface area (TPSA) is 39.9 Å². The Bertz CT molecular complexity index is 774. The molecule has 2 heterocycles. The van der Waals surface area contributed by atoms with Crippen molar-refractivity contribution in [2.24, 2.45) is 0 Å². The molecule has 0 radical (unpaired) electrons. The molecule has 5 nitrogen and oxygen atoms in total. The van der Waals surface area contributed by atoms with E-state index >= 15 is 0 Å². The molecule has 1 fully saturated rings. The van der Waals surface area contributed by atoms with Crippen LogP contribution in [0.15, 0.2) is 40.8 Å². The molecular weight excluding hydrogens is 390 g/mol. The van der Waals surface area contributed by atoms with Crippen molar-refractivity contribution in [3.63, 3.8) is 0 Å². The lowest BCUT2D eigenvalue weighted by Gasteiger charge is -2.24. The van der Waals surface area contributed by atoms with Crippen LogP contribution in [0.25, 0.3) is 0 Å². The highest BCUT2D eigenvalue weighted by Gasteiger charge is 2.32. The number of hydrogen-bond donors (Lipinski definition) is 0. The molecule has 152 valence electrons. The van der Waals surface area contributed by atoms with Gasteiger partial charge in [-0.15, -0.1) is 11.8 Å². The highest BCUT2D eigenvalue weighted by Crippen LogP contribution is 2.39. The lowest BCUT2D eigenvalue weighted by atomic mass is 10.2. The summed E-state index contributed by atoms with van der Waals surface area (Å²) in [5, 5.41) is 0.125. The molecule has 0 bridgehead atoms. The van der Waals surface area contributed by atoms with Crippen LogP contribution in [0.3, 0.4) is 0 Å². The predicted molar refractivity (Wildman–Crippen MR) is 120 cm³/mol. The third kappa shape index (κ3) is 5.49. The Morgan fingerprint density at radius 1 is 1.11 bits per heavy atom. The molecule has 0 spiro atoms. The van der Waals surface area contributed by atoms with Crippen LogP contribution < -0.4 is 4.90 Å². The van der Waals surface area contributed by atoms with Crippen molar-refractivity contribution >= 4 is 35.1 Å². The molecule has 0 N–H and O–H groups in total. The molecule has 1 atom stereocenters. The fraction of sp³-hybridized carbons (Fsp3) is 0.476. The Labute approximate surface area is 176 Å². The van der Waals surface area contributed by atoms with Crippen LogP contribution in [0.1, 0.15) is 22.5 Å². The first-order chi connectivity index (χ1) is 13.4. The molecule has 0 saturated carbocycles. The second kappa shape index (κ2) is 9.76. The van der Waals surface area contributed by atoms with Crippen molar-refractivity contribution in [2.45, 2.75) is 17.7 Å². The van der Waals surface area contributed by atoms with E-state index in [1.54, 1.807) is 11.8 Å². The third-order valence-electron chi connectivity index (χ3n) is 4.57. The van der Waals surface area contributed by atoms with Gasteiger partial charge >= 0.3 is 0 Å². The van der Waals surface area contributed by atoms with Gasteiger partial charge in [0, 0.05) is 32.1 Å². The summed E-state index contributed by atoms with van der Waals surface area (Å²) >= 11 is 3.53. The van der Waals surface area contributed by atoms with E-state index < -0.39 is 0 Å². The predicted octanol–water partition coefficient (Wildman–Crippen LogP) is 3.91. The van der Waals surface area contributed by atoms with Gasteiger partial charge in [-0.1, -0.05) is 12.1 Å². The number of carbonyl (C=O) groups is 1. The monoisotopic (exact) mass is 419 g/mol. The Kier molecular flexibility index (Phi) is 7.37. The second-order valence-electron chi connectivity index (χ2n) is 7.39. The highest BCUT2D eigenvalue weighted by molar-refractivity contribution is 8.00. The summed E-state index contributed by atoms with van der Waals surface area (Å²) in [4.78, 5) is 18.6. The maximum Gasteiger partial charge on any atom is 0.233 e. The molecule has 0 aliphatic carbocycles. The average Bonchev–Trinajstić information content (AvgIpc) is 3.25. The molecule has 28 heavy (non-hydrogen) atoms. The fourth-order valence-electron chi connectivity index (χ4n) is 3.14. The van der Waals surface area contributed by atoms with Crippen LogP contribution in [-0.2, 0) is 17.1 Å². The summed E-state index contributed by atoms with van der Waals surface area (Å²) in [7, 11) is 8.14. The summed E-state index contributed by atoms with van der Waals surface area (Å²) < 4.78 is 5.86. The SMILES string of the molecule is CN(C)Cc1ccc(CSCCN2C(=O)CSC2c2ccc(N(C)C)cc2)o1. The first kappa shape index (κ1) is 21.1. The van der Waals surface area contributed by atoms with Gasteiger partial charge in [0.25, 0.3) is 0 Å². The molecule has 2 aromatic rings. The van der Waals surface area contributed by atoms with Crippen molar-refractivity contribution in [3.8, 4) is 0 Å². The van der Waals surface area contributed by atoms with E-state index in [-0.39, 0.29) is 11.3 Å². The van der Waals surface area contributed by atoms with Gasteiger partial charge in [-0.2, -0.15) is 11.8 Å². The second-order valence-corrected chi connectivity index (χ2v) is 9.57. The van der Waals surface area contributed by atoms with Crippen molar-refractivity contribution in [3.05, 3.63) is 53.5 Å².